The van der Waals surface area contributed by atoms with Crippen LogP contribution in [-0.2, 0) is 31.9 Å². The van der Waals surface area contributed by atoms with Gasteiger partial charge in [-0.1, -0.05) is 18.2 Å². The number of para-hydroxylation sites is 1. The lowest BCUT2D eigenvalue weighted by atomic mass is 10.0. The summed E-state index contributed by atoms with van der Waals surface area (Å²) in [7, 11) is 0. The number of esters is 2. The van der Waals surface area contributed by atoms with E-state index in [1.165, 1.54) is 0 Å². The van der Waals surface area contributed by atoms with Gasteiger partial charge >= 0.3 is 11.9 Å². The van der Waals surface area contributed by atoms with Gasteiger partial charge in [0.25, 0.3) is 0 Å². The van der Waals surface area contributed by atoms with Crippen molar-refractivity contribution in [1.82, 2.24) is 4.98 Å². The van der Waals surface area contributed by atoms with Crippen molar-refractivity contribution >= 4 is 22.8 Å². The maximum absolute atomic E-state index is 11.8. The Hall–Kier alpha value is -2.30. The molecule has 2 rings (SSSR count). The first-order valence-corrected chi connectivity index (χ1v) is 7.55. The summed E-state index contributed by atoms with van der Waals surface area (Å²) in [6.07, 6.45) is 1.01. The molecule has 0 aliphatic rings. The second-order valence-electron chi connectivity index (χ2n) is 4.91. The van der Waals surface area contributed by atoms with E-state index in [4.69, 9.17) is 9.47 Å². The molecule has 0 atom stereocenters. The highest BCUT2D eigenvalue weighted by Gasteiger charge is 2.16. The number of fused-ring (bicyclic) bond motifs is 1. The molecule has 0 saturated heterocycles. The van der Waals surface area contributed by atoms with Gasteiger partial charge < -0.3 is 14.5 Å². The molecule has 2 aromatic rings. The normalized spacial score (nSPS) is 10.6. The number of aryl methyl sites for hydroxylation is 1. The molecule has 22 heavy (non-hydrogen) atoms. The van der Waals surface area contributed by atoms with Gasteiger partial charge in [0, 0.05) is 16.6 Å². The topological polar surface area (TPSA) is 68.4 Å². The first-order chi connectivity index (χ1) is 10.7. The molecule has 0 fully saturated rings. The SMILES string of the molecule is CCOC(=O)CCc1[nH]c2ccccc2c1CC(=O)OCC. The maximum atomic E-state index is 11.8. The van der Waals surface area contributed by atoms with E-state index >= 15 is 0 Å². The number of benzene rings is 1. The van der Waals surface area contributed by atoms with Crippen LogP contribution in [0.1, 0.15) is 31.5 Å². The molecule has 5 nitrogen and oxygen atoms in total. The van der Waals surface area contributed by atoms with Crippen molar-refractivity contribution in [2.24, 2.45) is 0 Å². The first kappa shape index (κ1) is 16.1. The Kier molecular flexibility index (Phi) is 5.58. The van der Waals surface area contributed by atoms with Crippen LogP contribution in [0.4, 0.5) is 0 Å². The van der Waals surface area contributed by atoms with Crippen molar-refractivity contribution in [3.05, 3.63) is 35.5 Å². The smallest absolute Gasteiger partial charge is 0.310 e. The fraction of sp³-hybridized carbons (Fsp3) is 0.412. The maximum Gasteiger partial charge on any atom is 0.310 e. The quantitative estimate of drug-likeness (QED) is 0.799. The van der Waals surface area contributed by atoms with E-state index in [2.05, 4.69) is 4.98 Å². The molecule has 1 heterocycles. The second kappa shape index (κ2) is 7.64. The fourth-order valence-corrected chi connectivity index (χ4v) is 2.49. The third-order valence-electron chi connectivity index (χ3n) is 3.41. The lowest BCUT2D eigenvalue weighted by Gasteiger charge is -2.05. The van der Waals surface area contributed by atoms with Gasteiger partial charge in [-0.15, -0.1) is 0 Å². The molecule has 5 heteroatoms. The van der Waals surface area contributed by atoms with Gasteiger partial charge in [-0.25, -0.2) is 0 Å². The summed E-state index contributed by atoms with van der Waals surface area (Å²) in [6, 6.07) is 7.79. The molecule has 1 N–H and O–H groups in total. The number of ether oxygens (including phenoxy) is 2. The highest BCUT2D eigenvalue weighted by molar-refractivity contribution is 5.89. The van der Waals surface area contributed by atoms with Crippen molar-refractivity contribution in [3.8, 4) is 0 Å². The Labute approximate surface area is 129 Å². The predicted octanol–water partition coefficient (Wildman–Crippen LogP) is 2.77. The van der Waals surface area contributed by atoms with Crippen molar-refractivity contribution in [3.63, 3.8) is 0 Å². The second-order valence-corrected chi connectivity index (χ2v) is 4.91. The van der Waals surface area contributed by atoms with E-state index in [9.17, 15) is 9.59 Å². The highest BCUT2D eigenvalue weighted by atomic mass is 16.5. The summed E-state index contributed by atoms with van der Waals surface area (Å²) >= 11 is 0. The molecule has 0 amide bonds. The average Bonchev–Trinajstić information content (AvgIpc) is 2.84. The molecule has 0 saturated carbocycles. The van der Waals surface area contributed by atoms with Crippen LogP contribution < -0.4 is 0 Å². The number of carbonyl (C=O) groups is 2. The summed E-state index contributed by atoms with van der Waals surface area (Å²) in [4.78, 5) is 26.7. The fourth-order valence-electron chi connectivity index (χ4n) is 2.49. The molecular weight excluding hydrogens is 282 g/mol. The summed E-state index contributed by atoms with van der Waals surface area (Å²) in [6.45, 7) is 4.31. The van der Waals surface area contributed by atoms with E-state index in [0.29, 0.717) is 19.6 Å². The predicted molar refractivity (Wildman–Crippen MR) is 83.6 cm³/mol. The lowest BCUT2D eigenvalue weighted by Crippen LogP contribution is -2.10. The van der Waals surface area contributed by atoms with Crippen LogP contribution in [0.2, 0.25) is 0 Å². The van der Waals surface area contributed by atoms with Crippen LogP contribution in [0.3, 0.4) is 0 Å². The van der Waals surface area contributed by atoms with Crippen molar-refractivity contribution < 1.29 is 19.1 Å². The van der Waals surface area contributed by atoms with Gasteiger partial charge in [-0.05, 0) is 31.9 Å². The Balaban J connectivity index is 2.23. The van der Waals surface area contributed by atoms with Gasteiger partial charge in [0.05, 0.1) is 26.1 Å². The van der Waals surface area contributed by atoms with Gasteiger partial charge in [0.15, 0.2) is 0 Å². The minimum Gasteiger partial charge on any atom is -0.466 e. The van der Waals surface area contributed by atoms with Crippen molar-refractivity contribution in [1.29, 1.82) is 0 Å². The molecule has 0 unspecified atom stereocenters. The van der Waals surface area contributed by atoms with Gasteiger partial charge in [0.1, 0.15) is 0 Å². The molecule has 1 aromatic carbocycles. The summed E-state index contributed by atoms with van der Waals surface area (Å²) in [5.74, 6) is -0.493. The van der Waals surface area contributed by atoms with E-state index < -0.39 is 0 Å². The molecule has 118 valence electrons. The third-order valence-corrected chi connectivity index (χ3v) is 3.41. The largest absolute Gasteiger partial charge is 0.466 e. The summed E-state index contributed by atoms with van der Waals surface area (Å²) in [5.41, 5.74) is 2.75. The molecule has 0 aliphatic carbocycles. The number of rotatable bonds is 7. The van der Waals surface area contributed by atoms with E-state index in [1.807, 2.05) is 24.3 Å². The Morgan fingerprint density at radius 1 is 1.05 bits per heavy atom. The van der Waals surface area contributed by atoms with Crippen molar-refractivity contribution in [2.45, 2.75) is 33.1 Å². The van der Waals surface area contributed by atoms with Gasteiger partial charge in [0.2, 0.25) is 0 Å². The molecule has 0 radical (unpaired) electrons. The zero-order valence-electron chi connectivity index (χ0n) is 13.0. The average molecular weight is 303 g/mol. The first-order valence-electron chi connectivity index (χ1n) is 7.55. The van der Waals surface area contributed by atoms with Crippen LogP contribution in [0.25, 0.3) is 10.9 Å². The standard InChI is InChI=1S/C17H21NO4/c1-3-21-16(19)10-9-15-13(11-17(20)22-4-2)12-7-5-6-8-14(12)18-15/h5-8,18H,3-4,9-11H2,1-2H3. The molecule has 0 aliphatic heterocycles. The summed E-state index contributed by atoms with van der Waals surface area (Å²) in [5, 5.41) is 0.995. The Morgan fingerprint density at radius 3 is 2.45 bits per heavy atom. The van der Waals surface area contributed by atoms with Crippen LogP contribution in [-0.4, -0.2) is 30.1 Å². The van der Waals surface area contributed by atoms with E-state index in [-0.39, 0.29) is 24.8 Å². The molecule has 0 bridgehead atoms. The highest BCUT2D eigenvalue weighted by Crippen LogP contribution is 2.24. The third kappa shape index (κ3) is 3.87. The molecule has 1 aromatic heterocycles. The Morgan fingerprint density at radius 2 is 1.73 bits per heavy atom. The number of aromatic nitrogens is 1. The van der Waals surface area contributed by atoms with Crippen LogP contribution in [0, 0.1) is 0 Å². The Bertz CT molecular complexity index is 660. The lowest BCUT2D eigenvalue weighted by molar-refractivity contribution is -0.143. The minimum absolute atomic E-state index is 0.204. The molecule has 0 spiro atoms. The van der Waals surface area contributed by atoms with E-state index in [0.717, 1.165) is 22.2 Å². The zero-order valence-corrected chi connectivity index (χ0v) is 13.0. The van der Waals surface area contributed by atoms with Crippen LogP contribution in [0.5, 0.6) is 0 Å². The van der Waals surface area contributed by atoms with Crippen molar-refractivity contribution in [2.75, 3.05) is 13.2 Å². The number of nitrogens with one attached hydrogen (secondary N) is 1. The zero-order chi connectivity index (χ0) is 15.9. The van der Waals surface area contributed by atoms with Gasteiger partial charge in [-0.2, -0.15) is 0 Å². The molecular formula is C17H21NO4. The van der Waals surface area contributed by atoms with E-state index in [1.54, 1.807) is 13.8 Å². The minimum atomic E-state index is -0.260. The summed E-state index contributed by atoms with van der Waals surface area (Å²) < 4.78 is 9.99. The van der Waals surface area contributed by atoms with Crippen LogP contribution >= 0.6 is 0 Å². The van der Waals surface area contributed by atoms with Crippen LogP contribution in [0.15, 0.2) is 24.3 Å². The number of hydrogen-bond donors (Lipinski definition) is 1. The number of H-pyrrole nitrogens is 1. The number of carbonyl (C=O) groups excluding carboxylic acids is 2. The number of hydrogen-bond acceptors (Lipinski definition) is 4. The monoisotopic (exact) mass is 303 g/mol. The number of aromatic amines is 1. The van der Waals surface area contributed by atoms with Gasteiger partial charge in [-0.3, -0.25) is 9.59 Å².